The molecule has 0 bridgehead atoms. The van der Waals surface area contributed by atoms with Gasteiger partial charge in [-0.1, -0.05) is 0 Å². The number of hydrogen-bond acceptors (Lipinski definition) is 4. The van der Waals surface area contributed by atoms with Gasteiger partial charge in [-0.05, 0) is 25.6 Å². The van der Waals surface area contributed by atoms with E-state index in [2.05, 4.69) is 10.3 Å². The number of rotatable bonds is 3. The third kappa shape index (κ3) is 2.31. The Morgan fingerprint density at radius 2 is 2.35 bits per heavy atom. The monoisotopic (exact) mass is 259 g/mol. The molecule has 17 heavy (non-hydrogen) atoms. The number of sulfonamides is 1. The van der Waals surface area contributed by atoms with Crippen molar-refractivity contribution in [2.24, 2.45) is 0 Å². The normalized spacial score (nSPS) is 21.9. The number of aromatic nitrogens is 1. The zero-order chi connectivity index (χ0) is 12.5. The molecule has 7 heteroatoms. The van der Waals surface area contributed by atoms with Crippen molar-refractivity contribution in [2.75, 3.05) is 20.1 Å². The molecule has 0 aromatic carbocycles. The van der Waals surface area contributed by atoms with Crippen molar-refractivity contribution in [1.29, 1.82) is 0 Å². The molecule has 1 aromatic heterocycles. The molecular weight excluding hydrogens is 245 g/mol. The molecule has 1 unspecified atom stereocenters. The molecule has 1 aliphatic rings. The van der Waals surface area contributed by atoms with Crippen molar-refractivity contribution in [3.63, 3.8) is 0 Å². The molecule has 0 aliphatic carbocycles. The van der Waals surface area contributed by atoms with Crippen LogP contribution in [0.3, 0.4) is 0 Å². The molecule has 1 aliphatic heterocycles. The Morgan fingerprint density at radius 3 is 2.94 bits per heavy atom. The van der Waals surface area contributed by atoms with E-state index < -0.39 is 20.9 Å². The zero-order valence-corrected chi connectivity index (χ0v) is 10.2. The van der Waals surface area contributed by atoms with E-state index in [1.54, 1.807) is 7.05 Å². The largest absolute Gasteiger partial charge is 0.316 e. The van der Waals surface area contributed by atoms with Crippen molar-refractivity contribution in [3.8, 4) is 0 Å². The number of nitrogens with one attached hydrogen (secondary N) is 1. The van der Waals surface area contributed by atoms with Crippen molar-refractivity contribution in [3.05, 3.63) is 24.1 Å². The second-order valence-electron chi connectivity index (χ2n) is 3.93. The summed E-state index contributed by atoms with van der Waals surface area (Å²) in [6.07, 6.45) is 2.01. The van der Waals surface area contributed by atoms with Gasteiger partial charge < -0.3 is 5.32 Å². The summed E-state index contributed by atoms with van der Waals surface area (Å²) >= 11 is 0. The quantitative estimate of drug-likeness (QED) is 0.842. The predicted molar refractivity (Wildman–Crippen MR) is 60.4 cm³/mol. The molecular formula is C10H14FN3O2S. The number of nitrogens with zero attached hydrogens (tertiary/aromatic N) is 2. The van der Waals surface area contributed by atoms with E-state index in [1.807, 2.05) is 0 Å². The van der Waals surface area contributed by atoms with Gasteiger partial charge in [0.15, 0.2) is 5.82 Å². The van der Waals surface area contributed by atoms with Crippen molar-refractivity contribution >= 4 is 10.0 Å². The fraction of sp³-hybridized carbons (Fsp3) is 0.500. The maximum atomic E-state index is 13.4. The van der Waals surface area contributed by atoms with E-state index in [-0.39, 0.29) is 6.04 Å². The Hall–Kier alpha value is -1.05. The van der Waals surface area contributed by atoms with Gasteiger partial charge >= 0.3 is 0 Å². The van der Waals surface area contributed by atoms with Gasteiger partial charge in [0.25, 0.3) is 10.0 Å². The summed E-state index contributed by atoms with van der Waals surface area (Å²) in [6, 6.07) is 2.59. The van der Waals surface area contributed by atoms with E-state index in [0.717, 1.165) is 12.5 Å². The van der Waals surface area contributed by atoms with Crippen LogP contribution in [0.5, 0.6) is 0 Å². The first-order valence-electron chi connectivity index (χ1n) is 5.33. The lowest BCUT2D eigenvalue weighted by Gasteiger charge is -2.15. The van der Waals surface area contributed by atoms with Gasteiger partial charge in [0.05, 0.1) is 0 Å². The van der Waals surface area contributed by atoms with Gasteiger partial charge in [-0.2, -0.15) is 4.31 Å². The van der Waals surface area contributed by atoms with Crippen molar-refractivity contribution in [2.45, 2.75) is 17.5 Å². The highest BCUT2D eigenvalue weighted by molar-refractivity contribution is 7.89. The summed E-state index contributed by atoms with van der Waals surface area (Å²) in [5.74, 6) is -0.805. The minimum atomic E-state index is -3.81. The van der Waals surface area contributed by atoms with Crippen molar-refractivity contribution < 1.29 is 12.8 Å². The predicted octanol–water partition coefficient (Wildman–Crippen LogP) is 0.203. The van der Waals surface area contributed by atoms with Crippen LogP contribution >= 0.6 is 0 Å². The molecule has 0 amide bonds. The van der Waals surface area contributed by atoms with Crippen LogP contribution in [-0.2, 0) is 10.0 Å². The number of likely N-dealkylation sites (N-methyl/N-ethyl adjacent to an activating group) is 1. The van der Waals surface area contributed by atoms with E-state index in [1.165, 1.54) is 16.6 Å². The number of pyridine rings is 1. The lowest BCUT2D eigenvalue weighted by molar-refractivity contribution is 0.453. The van der Waals surface area contributed by atoms with Crippen LogP contribution in [0.4, 0.5) is 4.39 Å². The molecule has 0 radical (unpaired) electrons. The Kier molecular flexibility index (Phi) is 3.41. The Morgan fingerprint density at radius 1 is 1.59 bits per heavy atom. The lowest BCUT2D eigenvalue weighted by Crippen LogP contribution is -2.34. The van der Waals surface area contributed by atoms with Crippen LogP contribution in [-0.4, -0.2) is 43.9 Å². The smallest absolute Gasteiger partial charge is 0.263 e. The molecule has 1 N–H and O–H groups in total. The lowest BCUT2D eigenvalue weighted by atomic mass is 10.3. The second-order valence-corrected chi connectivity index (χ2v) is 5.78. The van der Waals surface area contributed by atoms with Gasteiger partial charge in [-0.15, -0.1) is 0 Å². The van der Waals surface area contributed by atoms with Crippen LogP contribution in [0.2, 0.25) is 0 Å². The molecule has 2 rings (SSSR count). The molecule has 1 saturated heterocycles. The Bertz CT molecular complexity index is 506. The summed E-state index contributed by atoms with van der Waals surface area (Å²) < 4.78 is 38.9. The number of halogens is 1. The first-order chi connectivity index (χ1) is 8.05. The zero-order valence-electron chi connectivity index (χ0n) is 9.43. The summed E-state index contributed by atoms with van der Waals surface area (Å²) in [6.45, 7) is 0.749. The molecule has 5 nitrogen and oxygen atoms in total. The first-order valence-corrected chi connectivity index (χ1v) is 6.77. The third-order valence-corrected chi connectivity index (χ3v) is 4.67. The fourth-order valence-electron chi connectivity index (χ4n) is 1.87. The van der Waals surface area contributed by atoms with Crippen LogP contribution in [0.25, 0.3) is 0 Å². The summed E-state index contributed by atoms with van der Waals surface area (Å²) in [5.41, 5.74) is 0. The van der Waals surface area contributed by atoms with Gasteiger partial charge in [0.1, 0.15) is 0 Å². The molecule has 1 atom stereocenters. The molecule has 2 heterocycles. The van der Waals surface area contributed by atoms with E-state index in [9.17, 15) is 12.8 Å². The molecule has 0 spiro atoms. The molecule has 0 saturated carbocycles. The molecule has 94 valence electrons. The van der Waals surface area contributed by atoms with Crippen LogP contribution in [0, 0.1) is 5.82 Å². The SMILES string of the molecule is CNC1CCN(S(=O)(=O)c2ncccc2F)C1. The Balaban J connectivity index is 2.29. The second kappa shape index (κ2) is 4.67. The van der Waals surface area contributed by atoms with E-state index >= 15 is 0 Å². The van der Waals surface area contributed by atoms with Crippen LogP contribution in [0.15, 0.2) is 23.4 Å². The average molecular weight is 259 g/mol. The maximum Gasteiger partial charge on any atom is 0.263 e. The minimum Gasteiger partial charge on any atom is -0.316 e. The van der Waals surface area contributed by atoms with Gasteiger partial charge in [0.2, 0.25) is 5.03 Å². The van der Waals surface area contributed by atoms with E-state index in [0.29, 0.717) is 13.1 Å². The van der Waals surface area contributed by atoms with Gasteiger partial charge in [-0.25, -0.2) is 17.8 Å². The Labute approximate surface area is 99.7 Å². The average Bonchev–Trinajstić information content (AvgIpc) is 2.78. The minimum absolute atomic E-state index is 0.122. The van der Waals surface area contributed by atoms with E-state index in [4.69, 9.17) is 0 Å². The summed E-state index contributed by atoms with van der Waals surface area (Å²) in [4.78, 5) is 3.62. The summed E-state index contributed by atoms with van der Waals surface area (Å²) in [7, 11) is -2.03. The highest BCUT2D eigenvalue weighted by atomic mass is 32.2. The first kappa shape index (κ1) is 12.4. The molecule has 1 fully saturated rings. The standard InChI is InChI=1S/C10H14FN3O2S/c1-12-8-4-6-14(7-8)17(15,16)10-9(11)3-2-5-13-10/h2-3,5,8,12H,4,6-7H2,1H3. The van der Waals surface area contributed by atoms with Crippen molar-refractivity contribution in [1.82, 2.24) is 14.6 Å². The number of hydrogen-bond donors (Lipinski definition) is 1. The maximum absolute atomic E-state index is 13.4. The summed E-state index contributed by atoms with van der Waals surface area (Å²) in [5, 5.41) is 2.52. The van der Waals surface area contributed by atoms with Crippen LogP contribution in [0.1, 0.15) is 6.42 Å². The van der Waals surface area contributed by atoms with Crippen LogP contribution < -0.4 is 5.32 Å². The highest BCUT2D eigenvalue weighted by Crippen LogP contribution is 2.21. The highest BCUT2D eigenvalue weighted by Gasteiger charge is 2.34. The van der Waals surface area contributed by atoms with Gasteiger partial charge in [-0.3, -0.25) is 0 Å². The molecule has 1 aromatic rings. The van der Waals surface area contributed by atoms with Gasteiger partial charge in [0, 0.05) is 25.3 Å². The topological polar surface area (TPSA) is 62.3 Å². The third-order valence-electron chi connectivity index (χ3n) is 2.87. The fourth-order valence-corrected chi connectivity index (χ4v) is 3.34.